The molecule has 0 fully saturated rings. The zero-order chi connectivity index (χ0) is 15.9. The number of thiocarbonyl (C=S) groups is 1. The Labute approximate surface area is 133 Å². The first-order valence-electron chi connectivity index (χ1n) is 6.63. The third-order valence-corrected chi connectivity index (χ3v) is 2.97. The average molecular weight is 316 g/mol. The fourth-order valence-electron chi connectivity index (χ4n) is 1.73. The third-order valence-electron chi connectivity index (χ3n) is 2.77. The zero-order valence-corrected chi connectivity index (χ0v) is 12.8. The predicted octanol–water partition coefficient (Wildman–Crippen LogP) is 2.59. The first-order valence-corrected chi connectivity index (χ1v) is 7.04. The number of hydrogen-bond donors (Lipinski definition) is 3. The summed E-state index contributed by atoms with van der Waals surface area (Å²) in [7, 11) is 0. The highest BCUT2D eigenvalue weighted by Crippen LogP contribution is 2.23. The second kappa shape index (κ2) is 7.42. The highest BCUT2D eigenvalue weighted by atomic mass is 32.1. The van der Waals surface area contributed by atoms with Crippen molar-refractivity contribution in [3.63, 3.8) is 0 Å². The number of carbonyl (C=O) groups excluding carboxylic acids is 1. The number of benzene rings is 2. The number of phenolic OH excluding ortho intramolecular Hbond substituents is 1. The topological polar surface area (TPSA) is 70.6 Å². The van der Waals surface area contributed by atoms with Gasteiger partial charge in [0.25, 0.3) is 5.91 Å². The Morgan fingerprint density at radius 2 is 1.95 bits per heavy atom. The molecule has 0 aromatic heterocycles. The summed E-state index contributed by atoms with van der Waals surface area (Å²) in [6.07, 6.45) is 0. The van der Waals surface area contributed by atoms with E-state index in [1.165, 1.54) is 0 Å². The number of nitrogens with one attached hydrogen (secondary N) is 2. The summed E-state index contributed by atoms with van der Waals surface area (Å²) < 4.78 is 5.31. The molecule has 2 rings (SSSR count). The van der Waals surface area contributed by atoms with Crippen molar-refractivity contribution >= 4 is 28.9 Å². The van der Waals surface area contributed by atoms with E-state index >= 15 is 0 Å². The highest BCUT2D eigenvalue weighted by molar-refractivity contribution is 7.80. The van der Waals surface area contributed by atoms with Crippen LogP contribution in [-0.2, 0) is 4.79 Å². The molecule has 22 heavy (non-hydrogen) atoms. The number of anilines is 1. The van der Waals surface area contributed by atoms with Gasteiger partial charge in [0.1, 0.15) is 11.5 Å². The molecular weight excluding hydrogens is 300 g/mol. The summed E-state index contributed by atoms with van der Waals surface area (Å²) in [5.74, 6) is 0.290. The van der Waals surface area contributed by atoms with Crippen molar-refractivity contribution in [2.75, 3.05) is 11.9 Å². The lowest BCUT2D eigenvalue weighted by atomic mass is 10.2. The monoisotopic (exact) mass is 316 g/mol. The first kappa shape index (κ1) is 15.8. The van der Waals surface area contributed by atoms with Crippen LogP contribution in [0.2, 0.25) is 0 Å². The summed E-state index contributed by atoms with van der Waals surface area (Å²) in [5.41, 5.74) is 1.36. The summed E-state index contributed by atoms with van der Waals surface area (Å²) in [6, 6.07) is 14.1. The average Bonchev–Trinajstić information content (AvgIpc) is 2.49. The van der Waals surface area contributed by atoms with Crippen molar-refractivity contribution in [1.82, 2.24) is 5.32 Å². The van der Waals surface area contributed by atoms with Crippen LogP contribution < -0.4 is 15.4 Å². The van der Waals surface area contributed by atoms with E-state index in [2.05, 4.69) is 10.6 Å². The standard InChI is InChI=1S/C16H16N2O3S/c1-11-7-8-13(14(19)9-11)17-16(22)18-15(20)10-21-12-5-3-2-4-6-12/h2-9,19H,10H2,1H3,(H2,17,18,20,22). The molecule has 2 aromatic carbocycles. The number of carbonyl (C=O) groups is 1. The van der Waals surface area contributed by atoms with E-state index in [9.17, 15) is 9.90 Å². The first-order chi connectivity index (χ1) is 10.5. The second-order valence-electron chi connectivity index (χ2n) is 4.62. The summed E-state index contributed by atoms with van der Waals surface area (Å²) in [5, 5.41) is 15.1. The fraction of sp³-hybridized carbons (Fsp3) is 0.125. The lowest BCUT2D eigenvalue weighted by Crippen LogP contribution is -2.37. The minimum Gasteiger partial charge on any atom is -0.506 e. The summed E-state index contributed by atoms with van der Waals surface area (Å²) >= 11 is 5.03. The van der Waals surface area contributed by atoms with E-state index in [-0.39, 0.29) is 23.4 Å². The third kappa shape index (κ3) is 4.75. The molecule has 0 unspecified atom stereocenters. The molecule has 0 aliphatic carbocycles. The van der Waals surface area contributed by atoms with Crippen LogP contribution in [0.1, 0.15) is 5.56 Å². The van der Waals surface area contributed by atoms with Crippen molar-refractivity contribution in [2.24, 2.45) is 0 Å². The molecule has 0 aliphatic rings. The molecule has 114 valence electrons. The van der Waals surface area contributed by atoms with Gasteiger partial charge in [-0.1, -0.05) is 24.3 Å². The van der Waals surface area contributed by atoms with Gasteiger partial charge in [-0.2, -0.15) is 0 Å². The van der Waals surface area contributed by atoms with Crippen molar-refractivity contribution < 1.29 is 14.6 Å². The zero-order valence-electron chi connectivity index (χ0n) is 12.0. The van der Waals surface area contributed by atoms with Gasteiger partial charge in [-0.25, -0.2) is 0 Å². The Morgan fingerprint density at radius 1 is 1.23 bits per heavy atom. The Balaban J connectivity index is 1.82. The van der Waals surface area contributed by atoms with E-state index in [1.54, 1.807) is 24.3 Å². The number of aromatic hydroxyl groups is 1. The molecule has 2 aromatic rings. The Morgan fingerprint density at radius 3 is 2.64 bits per heavy atom. The number of ether oxygens (including phenoxy) is 1. The molecular formula is C16H16N2O3S. The normalized spacial score (nSPS) is 9.86. The van der Waals surface area contributed by atoms with Gasteiger partial charge in [-0.15, -0.1) is 0 Å². The molecule has 3 N–H and O–H groups in total. The largest absolute Gasteiger partial charge is 0.506 e. The van der Waals surface area contributed by atoms with Gasteiger partial charge in [-0.3, -0.25) is 10.1 Å². The number of hydrogen-bond acceptors (Lipinski definition) is 4. The molecule has 0 aliphatic heterocycles. The van der Waals surface area contributed by atoms with Crippen LogP contribution in [0.4, 0.5) is 5.69 Å². The Bertz CT molecular complexity index is 674. The predicted molar refractivity (Wildman–Crippen MR) is 89.1 cm³/mol. The number of rotatable bonds is 4. The summed E-state index contributed by atoms with van der Waals surface area (Å²) in [4.78, 5) is 11.7. The summed E-state index contributed by atoms with van der Waals surface area (Å²) in [6.45, 7) is 1.72. The smallest absolute Gasteiger partial charge is 0.264 e. The van der Waals surface area contributed by atoms with E-state index in [1.807, 2.05) is 31.2 Å². The van der Waals surface area contributed by atoms with Crippen molar-refractivity contribution in [3.8, 4) is 11.5 Å². The Kier molecular flexibility index (Phi) is 5.32. The van der Waals surface area contributed by atoms with Gasteiger partial charge < -0.3 is 15.2 Å². The van der Waals surface area contributed by atoms with Crippen molar-refractivity contribution in [1.29, 1.82) is 0 Å². The quantitative estimate of drug-likeness (QED) is 0.597. The highest BCUT2D eigenvalue weighted by Gasteiger charge is 2.08. The van der Waals surface area contributed by atoms with Crippen LogP contribution in [0.25, 0.3) is 0 Å². The minimum absolute atomic E-state index is 0.0668. The molecule has 5 nitrogen and oxygen atoms in total. The van der Waals surface area contributed by atoms with Crippen molar-refractivity contribution in [3.05, 3.63) is 54.1 Å². The molecule has 0 bridgehead atoms. The van der Waals surface area contributed by atoms with Gasteiger partial charge in [-0.05, 0) is 49.0 Å². The number of aryl methyl sites for hydroxylation is 1. The molecule has 0 radical (unpaired) electrons. The van der Waals surface area contributed by atoms with Crippen LogP contribution in [0.3, 0.4) is 0 Å². The molecule has 0 atom stereocenters. The molecule has 0 saturated carbocycles. The number of amides is 1. The number of phenols is 1. The molecule has 1 amide bonds. The molecule has 0 spiro atoms. The van der Waals surface area contributed by atoms with Gasteiger partial charge in [0, 0.05) is 0 Å². The molecule has 0 heterocycles. The minimum atomic E-state index is -0.382. The fourth-order valence-corrected chi connectivity index (χ4v) is 1.95. The maximum Gasteiger partial charge on any atom is 0.264 e. The van der Waals surface area contributed by atoms with Crippen molar-refractivity contribution in [2.45, 2.75) is 6.92 Å². The van der Waals surface area contributed by atoms with E-state index in [0.29, 0.717) is 11.4 Å². The van der Waals surface area contributed by atoms with E-state index in [4.69, 9.17) is 17.0 Å². The molecule has 0 saturated heterocycles. The Hall–Kier alpha value is -2.60. The van der Waals surface area contributed by atoms with E-state index < -0.39 is 0 Å². The van der Waals surface area contributed by atoms with Gasteiger partial charge in [0.2, 0.25) is 0 Å². The van der Waals surface area contributed by atoms with Gasteiger partial charge in [0.05, 0.1) is 5.69 Å². The lowest BCUT2D eigenvalue weighted by Gasteiger charge is -2.11. The van der Waals surface area contributed by atoms with Crippen LogP contribution in [0, 0.1) is 6.92 Å². The lowest BCUT2D eigenvalue weighted by molar-refractivity contribution is -0.121. The van der Waals surface area contributed by atoms with E-state index in [0.717, 1.165) is 5.56 Å². The number of para-hydroxylation sites is 1. The maximum absolute atomic E-state index is 11.7. The second-order valence-corrected chi connectivity index (χ2v) is 5.03. The van der Waals surface area contributed by atoms with Crippen LogP contribution in [0.15, 0.2) is 48.5 Å². The van der Waals surface area contributed by atoms with Crippen LogP contribution in [-0.4, -0.2) is 22.7 Å². The SMILES string of the molecule is Cc1ccc(NC(=S)NC(=O)COc2ccccc2)c(O)c1. The maximum atomic E-state index is 11.7. The van der Waals surface area contributed by atoms with Gasteiger partial charge in [0.15, 0.2) is 11.7 Å². The molecule has 6 heteroatoms. The van der Waals surface area contributed by atoms with Gasteiger partial charge >= 0.3 is 0 Å². The van der Waals surface area contributed by atoms with Crippen LogP contribution in [0.5, 0.6) is 11.5 Å². The van der Waals surface area contributed by atoms with Crippen LogP contribution >= 0.6 is 12.2 Å².